The van der Waals surface area contributed by atoms with Crippen LogP contribution in [0.1, 0.15) is 32.8 Å². The first kappa shape index (κ1) is 27.7. The van der Waals surface area contributed by atoms with E-state index in [0.29, 0.717) is 5.75 Å². The molecule has 1 heterocycles. The Morgan fingerprint density at radius 3 is 2.10 bits per heavy atom. The molecule has 3 aromatic carbocycles. The number of carboxylic acid groups (broad SMARTS) is 1. The highest BCUT2D eigenvalue weighted by Crippen LogP contribution is 2.28. The maximum atomic E-state index is 13.4. The molecule has 1 aliphatic rings. The standard InChI is InChI=1S/C31H34N2O6/c1-31(2,3)39-30(37)33-20-25(38-24-16-14-23(15-17-24)22-12-8-5-9-13-22)19-27(33)28(34)32-26(29(35)36)18-21-10-6-4-7-11-21/h4-17,25-27H,18-20H2,1-3H3,(H,32,34)(H,35,36)/t25-,26-,27-/m0/s1. The quantitative estimate of drug-likeness (QED) is 0.428. The SMILES string of the molecule is CC(C)(C)OC(=O)N1C[C@@H](Oc2ccc(-c3ccccc3)cc2)C[C@H]1C(=O)N[C@@H](Cc1ccccc1)C(=O)O. The van der Waals surface area contributed by atoms with E-state index in [1.54, 1.807) is 32.9 Å². The molecule has 1 aliphatic heterocycles. The number of carbonyl (C=O) groups is 3. The zero-order chi connectivity index (χ0) is 28.0. The summed E-state index contributed by atoms with van der Waals surface area (Å²) < 4.78 is 11.7. The lowest BCUT2D eigenvalue weighted by Gasteiger charge is -2.28. The number of benzene rings is 3. The number of nitrogens with zero attached hydrogens (tertiary/aromatic N) is 1. The van der Waals surface area contributed by atoms with Gasteiger partial charge >= 0.3 is 12.1 Å². The number of aliphatic carboxylic acids is 1. The second-order valence-corrected chi connectivity index (χ2v) is 10.6. The highest BCUT2D eigenvalue weighted by atomic mass is 16.6. The third-order valence-corrected chi connectivity index (χ3v) is 6.35. The minimum absolute atomic E-state index is 0.120. The summed E-state index contributed by atoms with van der Waals surface area (Å²) in [5.74, 6) is -1.10. The number of amides is 2. The van der Waals surface area contributed by atoms with Gasteiger partial charge in [-0.25, -0.2) is 9.59 Å². The van der Waals surface area contributed by atoms with E-state index in [9.17, 15) is 19.5 Å². The van der Waals surface area contributed by atoms with Crippen LogP contribution < -0.4 is 10.1 Å². The van der Waals surface area contributed by atoms with Gasteiger partial charge in [0.05, 0.1) is 6.54 Å². The van der Waals surface area contributed by atoms with E-state index in [-0.39, 0.29) is 19.4 Å². The lowest BCUT2D eigenvalue weighted by atomic mass is 10.1. The summed E-state index contributed by atoms with van der Waals surface area (Å²) in [4.78, 5) is 39.7. The van der Waals surface area contributed by atoms with Crippen molar-refractivity contribution in [3.05, 3.63) is 90.5 Å². The Labute approximate surface area is 228 Å². The van der Waals surface area contributed by atoms with Gasteiger partial charge in [0.25, 0.3) is 0 Å². The molecule has 3 aromatic rings. The first-order valence-electron chi connectivity index (χ1n) is 13.0. The van der Waals surface area contributed by atoms with Gasteiger partial charge in [0.1, 0.15) is 29.5 Å². The van der Waals surface area contributed by atoms with Gasteiger partial charge in [-0.1, -0.05) is 72.8 Å². The van der Waals surface area contributed by atoms with Crippen molar-refractivity contribution >= 4 is 18.0 Å². The minimum atomic E-state index is -1.15. The van der Waals surface area contributed by atoms with Crippen LogP contribution in [0, 0.1) is 0 Å². The molecule has 1 saturated heterocycles. The zero-order valence-electron chi connectivity index (χ0n) is 22.4. The summed E-state index contributed by atoms with van der Waals surface area (Å²) in [6.07, 6.45) is -0.811. The first-order chi connectivity index (χ1) is 18.6. The second-order valence-electron chi connectivity index (χ2n) is 10.6. The zero-order valence-corrected chi connectivity index (χ0v) is 22.4. The van der Waals surface area contributed by atoms with Crippen LogP contribution in [0.2, 0.25) is 0 Å². The molecule has 0 bridgehead atoms. The van der Waals surface area contributed by atoms with Crippen LogP contribution in [-0.2, 0) is 20.7 Å². The van der Waals surface area contributed by atoms with Crippen molar-refractivity contribution in [2.75, 3.05) is 6.54 Å². The van der Waals surface area contributed by atoms with Crippen LogP contribution in [0.4, 0.5) is 4.79 Å². The van der Waals surface area contributed by atoms with Gasteiger partial charge in [-0.05, 0) is 49.6 Å². The van der Waals surface area contributed by atoms with Gasteiger partial charge in [0, 0.05) is 12.8 Å². The number of rotatable bonds is 8. The van der Waals surface area contributed by atoms with Crippen LogP contribution in [0.15, 0.2) is 84.9 Å². The molecule has 2 N–H and O–H groups in total. The van der Waals surface area contributed by atoms with E-state index >= 15 is 0 Å². The van der Waals surface area contributed by atoms with Crippen LogP contribution >= 0.6 is 0 Å². The molecule has 0 aromatic heterocycles. The molecule has 204 valence electrons. The topological polar surface area (TPSA) is 105 Å². The number of carbonyl (C=O) groups excluding carboxylic acids is 2. The molecular weight excluding hydrogens is 496 g/mol. The lowest BCUT2D eigenvalue weighted by molar-refractivity contribution is -0.142. The molecule has 0 saturated carbocycles. The molecule has 0 aliphatic carbocycles. The van der Waals surface area contributed by atoms with Crippen LogP contribution in [-0.4, -0.2) is 58.3 Å². The molecule has 4 rings (SSSR count). The van der Waals surface area contributed by atoms with Gasteiger partial charge in [0.2, 0.25) is 5.91 Å². The van der Waals surface area contributed by atoms with Gasteiger partial charge in [-0.3, -0.25) is 9.69 Å². The number of hydrogen-bond acceptors (Lipinski definition) is 5. The number of likely N-dealkylation sites (tertiary alicyclic amines) is 1. The maximum Gasteiger partial charge on any atom is 0.411 e. The molecule has 39 heavy (non-hydrogen) atoms. The average molecular weight is 531 g/mol. The van der Waals surface area contributed by atoms with E-state index < -0.39 is 41.8 Å². The Hall–Kier alpha value is -4.33. The van der Waals surface area contributed by atoms with E-state index in [0.717, 1.165) is 16.7 Å². The van der Waals surface area contributed by atoms with Gasteiger partial charge < -0.3 is 19.9 Å². The average Bonchev–Trinajstić information content (AvgIpc) is 3.33. The third-order valence-electron chi connectivity index (χ3n) is 6.35. The molecule has 0 radical (unpaired) electrons. The largest absolute Gasteiger partial charge is 0.488 e. The first-order valence-corrected chi connectivity index (χ1v) is 13.0. The van der Waals surface area contributed by atoms with Crippen molar-refractivity contribution in [2.45, 2.75) is 57.4 Å². The Morgan fingerprint density at radius 2 is 1.51 bits per heavy atom. The Kier molecular flexibility index (Phi) is 8.54. The van der Waals surface area contributed by atoms with Gasteiger partial charge in [-0.15, -0.1) is 0 Å². The Morgan fingerprint density at radius 1 is 0.923 bits per heavy atom. The van der Waals surface area contributed by atoms with Crippen molar-refractivity contribution < 1.29 is 29.0 Å². The molecular formula is C31H34N2O6. The fourth-order valence-corrected chi connectivity index (χ4v) is 4.52. The monoisotopic (exact) mass is 530 g/mol. The normalized spacial score (nSPS) is 17.8. The maximum absolute atomic E-state index is 13.4. The van der Waals surface area contributed by atoms with Crippen LogP contribution in [0.5, 0.6) is 5.75 Å². The molecule has 8 nitrogen and oxygen atoms in total. The smallest absolute Gasteiger partial charge is 0.411 e. The fraction of sp³-hybridized carbons (Fsp3) is 0.323. The van der Waals surface area contributed by atoms with E-state index in [4.69, 9.17) is 9.47 Å². The number of nitrogens with one attached hydrogen (secondary N) is 1. The molecule has 0 spiro atoms. The number of hydrogen-bond donors (Lipinski definition) is 2. The second kappa shape index (κ2) is 12.0. The van der Waals surface area contributed by atoms with Crippen molar-refractivity contribution in [1.82, 2.24) is 10.2 Å². The molecule has 0 unspecified atom stereocenters. The lowest BCUT2D eigenvalue weighted by Crippen LogP contribution is -2.52. The summed E-state index contributed by atoms with van der Waals surface area (Å²) in [6.45, 7) is 5.37. The van der Waals surface area contributed by atoms with Gasteiger partial charge in [0.15, 0.2) is 0 Å². The van der Waals surface area contributed by atoms with Crippen molar-refractivity contribution in [3.63, 3.8) is 0 Å². The minimum Gasteiger partial charge on any atom is -0.488 e. The van der Waals surface area contributed by atoms with Gasteiger partial charge in [-0.2, -0.15) is 0 Å². The highest BCUT2D eigenvalue weighted by Gasteiger charge is 2.43. The van der Waals surface area contributed by atoms with E-state index in [2.05, 4.69) is 5.32 Å². The fourth-order valence-electron chi connectivity index (χ4n) is 4.52. The van der Waals surface area contributed by atoms with E-state index in [1.807, 2.05) is 72.8 Å². The predicted molar refractivity (Wildman–Crippen MR) is 147 cm³/mol. The summed E-state index contributed by atoms with van der Waals surface area (Å²) in [5.41, 5.74) is 2.14. The highest BCUT2D eigenvalue weighted by molar-refractivity contribution is 5.90. The predicted octanol–water partition coefficient (Wildman–Crippen LogP) is 4.92. The third kappa shape index (κ3) is 7.60. The molecule has 8 heteroatoms. The van der Waals surface area contributed by atoms with Crippen LogP contribution in [0.25, 0.3) is 11.1 Å². The van der Waals surface area contributed by atoms with Crippen molar-refractivity contribution in [3.8, 4) is 16.9 Å². The Balaban J connectivity index is 1.48. The summed E-state index contributed by atoms with van der Waals surface area (Å²) >= 11 is 0. The summed E-state index contributed by atoms with van der Waals surface area (Å²) in [6, 6.07) is 24.6. The molecule has 1 fully saturated rings. The summed E-state index contributed by atoms with van der Waals surface area (Å²) in [5, 5.41) is 12.4. The summed E-state index contributed by atoms with van der Waals surface area (Å²) in [7, 11) is 0. The number of carboxylic acids is 1. The molecule has 2 amide bonds. The van der Waals surface area contributed by atoms with Crippen LogP contribution in [0.3, 0.4) is 0 Å². The molecule has 3 atom stereocenters. The number of ether oxygens (including phenoxy) is 2. The van der Waals surface area contributed by atoms with E-state index in [1.165, 1.54) is 4.90 Å². The van der Waals surface area contributed by atoms with Crippen molar-refractivity contribution in [2.24, 2.45) is 0 Å². The van der Waals surface area contributed by atoms with Crippen molar-refractivity contribution in [1.29, 1.82) is 0 Å². The Bertz CT molecular complexity index is 1270.